The zero-order chi connectivity index (χ0) is 14.0. The van der Waals surface area contributed by atoms with Crippen molar-refractivity contribution in [2.45, 2.75) is 39.7 Å². The molecule has 1 saturated carbocycles. The number of aryl methyl sites for hydroxylation is 1. The van der Waals surface area contributed by atoms with Crippen molar-refractivity contribution in [1.29, 1.82) is 0 Å². The molecule has 0 saturated heterocycles. The normalized spacial score (nSPS) is 14.6. The molecule has 1 amide bonds. The van der Waals surface area contributed by atoms with Crippen molar-refractivity contribution >= 4 is 11.6 Å². The van der Waals surface area contributed by atoms with Crippen LogP contribution in [0.4, 0.5) is 5.69 Å². The predicted molar refractivity (Wildman–Crippen MR) is 75.7 cm³/mol. The molecule has 1 aromatic rings. The van der Waals surface area contributed by atoms with Gasteiger partial charge in [-0.3, -0.25) is 15.6 Å². The fraction of sp³-hybridized carbons (Fsp3) is 0.571. The van der Waals surface area contributed by atoms with Crippen molar-refractivity contribution in [1.82, 2.24) is 9.88 Å². The van der Waals surface area contributed by atoms with Gasteiger partial charge in [-0.2, -0.15) is 0 Å². The van der Waals surface area contributed by atoms with E-state index in [1.54, 1.807) is 12.3 Å². The van der Waals surface area contributed by atoms with E-state index >= 15 is 0 Å². The third-order valence-electron chi connectivity index (χ3n) is 3.46. The summed E-state index contributed by atoms with van der Waals surface area (Å²) < 4.78 is 0. The van der Waals surface area contributed by atoms with Gasteiger partial charge in [0.1, 0.15) is 0 Å². The van der Waals surface area contributed by atoms with Crippen LogP contribution in [0.15, 0.2) is 12.3 Å². The number of hydrazine groups is 1. The maximum absolute atomic E-state index is 12.6. The molecule has 5 nitrogen and oxygen atoms in total. The maximum Gasteiger partial charge on any atom is 0.257 e. The molecule has 0 radical (unpaired) electrons. The van der Waals surface area contributed by atoms with Gasteiger partial charge >= 0.3 is 0 Å². The second kappa shape index (κ2) is 5.57. The van der Waals surface area contributed by atoms with Gasteiger partial charge in [-0.25, -0.2) is 0 Å². The lowest BCUT2D eigenvalue weighted by atomic mass is 10.1. The monoisotopic (exact) mass is 262 g/mol. The quantitative estimate of drug-likeness (QED) is 0.628. The van der Waals surface area contributed by atoms with Crippen LogP contribution in [0.2, 0.25) is 0 Å². The molecule has 1 aliphatic carbocycles. The summed E-state index contributed by atoms with van der Waals surface area (Å²) in [6, 6.07) is 1.98. The van der Waals surface area contributed by atoms with Gasteiger partial charge in [-0.1, -0.05) is 0 Å². The molecule has 0 bridgehead atoms. The molecule has 0 aliphatic heterocycles. The van der Waals surface area contributed by atoms with Crippen molar-refractivity contribution in [2.75, 3.05) is 12.0 Å². The Morgan fingerprint density at radius 2 is 2.26 bits per heavy atom. The first-order valence-electron chi connectivity index (χ1n) is 6.77. The first-order valence-corrected chi connectivity index (χ1v) is 6.77. The highest BCUT2D eigenvalue weighted by Crippen LogP contribution is 2.31. The van der Waals surface area contributed by atoms with Crippen LogP contribution in [0.5, 0.6) is 0 Å². The van der Waals surface area contributed by atoms with Crippen LogP contribution in [0, 0.1) is 12.8 Å². The molecule has 2 rings (SSSR count). The van der Waals surface area contributed by atoms with Gasteiger partial charge in [0.15, 0.2) is 0 Å². The number of carbonyl (C=O) groups is 1. The Morgan fingerprint density at radius 3 is 2.79 bits per heavy atom. The Morgan fingerprint density at radius 1 is 1.58 bits per heavy atom. The maximum atomic E-state index is 12.6. The van der Waals surface area contributed by atoms with Gasteiger partial charge in [-0.05, 0) is 45.6 Å². The van der Waals surface area contributed by atoms with E-state index < -0.39 is 0 Å². The number of hydrogen-bond donors (Lipinski definition) is 2. The molecular formula is C14H22N4O. The minimum Gasteiger partial charge on any atom is -0.336 e. The number of nitrogens with one attached hydrogen (secondary N) is 1. The molecule has 3 N–H and O–H groups in total. The van der Waals surface area contributed by atoms with E-state index in [1.165, 1.54) is 12.8 Å². The van der Waals surface area contributed by atoms with Crippen molar-refractivity contribution < 1.29 is 4.79 Å². The van der Waals surface area contributed by atoms with Crippen LogP contribution in [0.3, 0.4) is 0 Å². The minimum atomic E-state index is 0.00218. The van der Waals surface area contributed by atoms with Crippen molar-refractivity contribution in [2.24, 2.45) is 11.8 Å². The van der Waals surface area contributed by atoms with Crippen LogP contribution >= 0.6 is 0 Å². The summed E-state index contributed by atoms with van der Waals surface area (Å²) in [5.74, 6) is 6.17. The number of anilines is 1. The first kappa shape index (κ1) is 13.8. The highest BCUT2D eigenvalue weighted by molar-refractivity contribution is 5.99. The SMILES string of the molecule is Cc1cc(NN)c(C(=O)N(CC2CC2)C(C)C)cn1. The summed E-state index contributed by atoms with van der Waals surface area (Å²) in [6.45, 7) is 6.78. The van der Waals surface area contributed by atoms with Crippen molar-refractivity contribution in [3.63, 3.8) is 0 Å². The Balaban J connectivity index is 2.24. The number of nitrogen functional groups attached to an aromatic ring is 1. The average molecular weight is 262 g/mol. The first-order chi connectivity index (χ1) is 9.02. The molecule has 19 heavy (non-hydrogen) atoms. The topological polar surface area (TPSA) is 71.2 Å². The minimum absolute atomic E-state index is 0.00218. The molecule has 1 heterocycles. The zero-order valence-corrected chi connectivity index (χ0v) is 11.8. The van der Waals surface area contributed by atoms with Crippen LogP contribution in [-0.4, -0.2) is 28.4 Å². The number of pyridine rings is 1. The Bertz CT molecular complexity index is 469. The summed E-state index contributed by atoms with van der Waals surface area (Å²) >= 11 is 0. The fourth-order valence-corrected chi connectivity index (χ4v) is 2.11. The van der Waals surface area contributed by atoms with Gasteiger partial charge in [0.05, 0.1) is 11.3 Å². The number of rotatable bonds is 5. The van der Waals surface area contributed by atoms with E-state index in [4.69, 9.17) is 5.84 Å². The summed E-state index contributed by atoms with van der Waals surface area (Å²) in [5.41, 5.74) is 4.61. The van der Waals surface area contributed by atoms with Crippen LogP contribution < -0.4 is 11.3 Å². The molecular weight excluding hydrogens is 240 g/mol. The van der Waals surface area contributed by atoms with E-state index in [0.717, 1.165) is 12.2 Å². The smallest absolute Gasteiger partial charge is 0.257 e. The number of nitrogens with two attached hydrogens (primary N) is 1. The standard InChI is InChI=1S/C14H22N4O/c1-9(2)18(8-11-4-5-11)14(19)12-7-16-10(3)6-13(12)17-15/h6-7,9,11H,4-5,8,15H2,1-3H3,(H,16,17). The predicted octanol–water partition coefficient (Wildman–Crippen LogP) is 1.94. The highest BCUT2D eigenvalue weighted by atomic mass is 16.2. The summed E-state index contributed by atoms with van der Waals surface area (Å²) in [6.07, 6.45) is 4.06. The fourth-order valence-electron chi connectivity index (χ4n) is 2.11. The third-order valence-corrected chi connectivity index (χ3v) is 3.46. The molecule has 104 valence electrons. The molecule has 0 atom stereocenters. The van der Waals surface area contributed by atoms with Crippen LogP contribution in [0.25, 0.3) is 0 Å². The number of hydrogen-bond acceptors (Lipinski definition) is 4. The highest BCUT2D eigenvalue weighted by Gasteiger charge is 2.29. The Hall–Kier alpha value is -1.62. The molecule has 1 aromatic heterocycles. The van der Waals surface area contributed by atoms with E-state index in [9.17, 15) is 4.79 Å². The van der Waals surface area contributed by atoms with E-state index in [0.29, 0.717) is 17.2 Å². The number of amides is 1. The lowest BCUT2D eigenvalue weighted by molar-refractivity contribution is 0.0696. The molecule has 1 fully saturated rings. The lowest BCUT2D eigenvalue weighted by Crippen LogP contribution is -2.39. The van der Waals surface area contributed by atoms with Gasteiger partial charge in [0.25, 0.3) is 5.91 Å². The number of aromatic nitrogens is 1. The molecule has 1 aliphatic rings. The summed E-state index contributed by atoms with van der Waals surface area (Å²) in [7, 11) is 0. The molecule has 0 unspecified atom stereocenters. The van der Waals surface area contributed by atoms with Gasteiger partial charge in [-0.15, -0.1) is 0 Å². The average Bonchev–Trinajstić information content (AvgIpc) is 3.18. The number of nitrogens with zero attached hydrogens (tertiary/aromatic N) is 2. The molecule has 0 spiro atoms. The van der Waals surface area contributed by atoms with Gasteiger partial charge in [0.2, 0.25) is 0 Å². The third kappa shape index (κ3) is 3.23. The second-order valence-electron chi connectivity index (χ2n) is 5.51. The van der Waals surface area contributed by atoms with Gasteiger partial charge in [0, 0.05) is 24.5 Å². The van der Waals surface area contributed by atoms with Crippen molar-refractivity contribution in [3.05, 3.63) is 23.5 Å². The Labute approximate surface area is 114 Å². The van der Waals surface area contributed by atoms with E-state index in [-0.39, 0.29) is 11.9 Å². The van der Waals surface area contributed by atoms with E-state index in [2.05, 4.69) is 10.4 Å². The Kier molecular flexibility index (Phi) is 4.04. The summed E-state index contributed by atoms with van der Waals surface area (Å²) in [4.78, 5) is 18.7. The number of carbonyl (C=O) groups excluding carboxylic acids is 1. The summed E-state index contributed by atoms with van der Waals surface area (Å²) in [5, 5.41) is 0. The zero-order valence-electron chi connectivity index (χ0n) is 11.8. The largest absolute Gasteiger partial charge is 0.336 e. The molecule has 5 heteroatoms. The van der Waals surface area contributed by atoms with Crippen molar-refractivity contribution in [3.8, 4) is 0 Å². The molecule has 0 aromatic carbocycles. The van der Waals surface area contributed by atoms with Gasteiger partial charge < -0.3 is 10.3 Å². The van der Waals surface area contributed by atoms with E-state index in [1.807, 2.05) is 25.7 Å². The lowest BCUT2D eigenvalue weighted by Gasteiger charge is -2.27. The second-order valence-corrected chi connectivity index (χ2v) is 5.51. The van der Waals surface area contributed by atoms with Crippen LogP contribution in [-0.2, 0) is 0 Å². The van der Waals surface area contributed by atoms with Crippen LogP contribution in [0.1, 0.15) is 42.7 Å².